The molecule has 1 aromatic carbocycles. The molecule has 3 amide bonds. The molecule has 0 bridgehead atoms. The van der Waals surface area contributed by atoms with Crippen molar-refractivity contribution in [2.75, 3.05) is 26.2 Å². The number of para-hydroxylation sites is 1. The summed E-state index contributed by atoms with van der Waals surface area (Å²) in [5.41, 5.74) is 0. The van der Waals surface area contributed by atoms with E-state index in [9.17, 15) is 9.59 Å². The summed E-state index contributed by atoms with van der Waals surface area (Å²) in [5, 5.41) is 7.85. The predicted octanol–water partition coefficient (Wildman–Crippen LogP) is 0.501. The lowest BCUT2D eigenvalue weighted by Crippen LogP contribution is -2.41. The maximum atomic E-state index is 11.3. The third-order valence-electron chi connectivity index (χ3n) is 2.18. The van der Waals surface area contributed by atoms with Crippen LogP contribution in [0.15, 0.2) is 30.3 Å². The van der Waals surface area contributed by atoms with Crippen LogP contribution in [-0.4, -0.2) is 38.2 Å². The molecule has 1 aromatic rings. The van der Waals surface area contributed by atoms with Gasteiger partial charge in [0.1, 0.15) is 12.4 Å². The van der Waals surface area contributed by atoms with Gasteiger partial charge in [0, 0.05) is 20.0 Å². The van der Waals surface area contributed by atoms with Gasteiger partial charge in [0.05, 0.1) is 6.54 Å². The Hall–Kier alpha value is -2.24. The summed E-state index contributed by atoms with van der Waals surface area (Å²) < 4.78 is 5.41. The van der Waals surface area contributed by atoms with Crippen molar-refractivity contribution in [1.82, 2.24) is 16.0 Å². The van der Waals surface area contributed by atoms with Gasteiger partial charge in [-0.05, 0) is 12.1 Å². The molecular formula is C13H19N3O3. The molecule has 0 heterocycles. The number of urea groups is 1. The van der Waals surface area contributed by atoms with E-state index in [1.54, 1.807) is 0 Å². The molecule has 19 heavy (non-hydrogen) atoms. The topological polar surface area (TPSA) is 79.5 Å². The second-order valence-electron chi connectivity index (χ2n) is 3.83. The highest BCUT2D eigenvalue weighted by atomic mass is 16.5. The third-order valence-corrected chi connectivity index (χ3v) is 2.18. The Morgan fingerprint density at radius 3 is 2.32 bits per heavy atom. The fourth-order valence-electron chi connectivity index (χ4n) is 1.33. The molecule has 0 saturated heterocycles. The van der Waals surface area contributed by atoms with Crippen molar-refractivity contribution in [2.45, 2.75) is 6.92 Å². The van der Waals surface area contributed by atoms with Gasteiger partial charge in [-0.3, -0.25) is 4.79 Å². The fourth-order valence-corrected chi connectivity index (χ4v) is 1.33. The highest BCUT2D eigenvalue weighted by Crippen LogP contribution is 2.07. The number of hydrogen-bond donors (Lipinski definition) is 3. The lowest BCUT2D eigenvalue weighted by atomic mass is 10.3. The van der Waals surface area contributed by atoms with Crippen LogP contribution in [-0.2, 0) is 4.79 Å². The molecule has 0 aliphatic heterocycles. The molecule has 6 heteroatoms. The Morgan fingerprint density at radius 2 is 1.63 bits per heavy atom. The van der Waals surface area contributed by atoms with E-state index in [1.807, 2.05) is 30.3 Å². The molecule has 0 aliphatic carbocycles. The van der Waals surface area contributed by atoms with Crippen molar-refractivity contribution in [3.05, 3.63) is 30.3 Å². The minimum absolute atomic E-state index is 0.113. The lowest BCUT2D eigenvalue weighted by molar-refractivity contribution is -0.118. The largest absolute Gasteiger partial charge is 0.492 e. The zero-order chi connectivity index (χ0) is 13.9. The molecule has 3 N–H and O–H groups in total. The van der Waals surface area contributed by atoms with Crippen LogP contribution in [0.5, 0.6) is 5.75 Å². The van der Waals surface area contributed by atoms with Gasteiger partial charge in [-0.2, -0.15) is 0 Å². The van der Waals surface area contributed by atoms with E-state index >= 15 is 0 Å². The van der Waals surface area contributed by atoms with Gasteiger partial charge in [0.2, 0.25) is 5.91 Å². The smallest absolute Gasteiger partial charge is 0.314 e. The quantitative estimate of drug-likeness (QED) is 0.628. The monoisotopic (exact) mass is 265 g/mol. The molecule has 6 nitrogen and oxygen atoms in total. The molecule has 0 atom stereocenters. The summed E-state index contributed by atoms with van der Waals surface area (Å²) in [6, 6.07) is 9.12. The van der Waals surface area contributed by atoms with Gasteiger partial charge in [-0.25, -0.2) is 4.79 Å². The lowest BCUT2D eigenvalue weighted by Gasteiger charge is -2.09. The Labute approximate surface area is 112 Å². The van der Waals surface area contributed by atoms with Crippen molar-refractivity contribution in [2.24, 2.45) is 0 Å². The van der Waals surface area contributed by atoms with E-state index in [0.717, 1.165) is 5.75 Å². The van der Waals surface area contributed by atoms with Crippen LogP contribution in [0.25, 0.3) is 0 Å². The van der Waals surface area contributed by atoms with Gasteiger partial charge in [0.15, 0.2) is 0 Å². The number of carbonyl (C=O) groups excluding carboxylic acids is 2. The van der Waals surface area contributed by atoms with Crippen LogP contribution >= 0.6 is 0 Å². The second-order valence-corrected chi connectivity index (χ2v) is 3.83. The molecule has 0 aliphatic rings. The van der Waals surface area contributed by atoms with Crippen LogP contribution in [0, 0.1) is 0 Å². The number of rotatable bonds is 7. The van der Waals surface area contributed by atoms with Crippen molar-refractivity contribution in [1.29, 1.82) is 0 Å². The number of carbonyl (C=O) groups is 2. The Balaban J connectivity index is 2.00. The Morgan fingerprint density at radius 1 is 1.00 bits per heavy atom. The molecule has 0 radical (unpaired) electrons. The van der Waals surface area contributed by atoms with Crippen molar-refractivity contribution < 1.29 is 14.3 Å². The Kier molecular flexibility index (Phi) is 6.86. The first-order chi connectivity index (χ1) is 9.18. The van der Waals surface area contributed by atoms with Gasteiger partial charge < -0.3 is 20.7 Å². The highest BCUT2D eigenvalue weighted by molar-refractivity contribution is 5.74. The maximum Gasteiger partial charge on any atom is 0.314 e. The zero-order valence-electron chi connectivity index (χ0n) is 10.9. The summed E-state index contributed by atoms with van der Waals surface area (Å²) in [4.78, 5) is 21.9. The minimum Gasteiger partial charge on any atom is -0.492 e. The number of amides is 3. The van der Waals surface area contributed by atoms with E-state index in [0.29, 0.717) is 26.2 Å². The molecule has 0 unspecified atom stereocenters. The van der Waals surface area contributed by atoms with E-state index < -0.39 is 0 Å². The molecule has 0 aromatic heterocycles. The summed E-state index contributed by atoms with van der Waals surface area (Å²) >= 11 is 0. The van der Waals surface area contributed by atoms with Crippen LogP contribution in [0.3, 0.4) is 0 Å². The maximum absolute atomic E-state index is 11.3. The van der Waals surface area contributed by atoms with Crippen LogP contribution in [0.4, 0.5) is 4.79 Å². The number of benzene rings is 1. The minimum atomic E-state index is -0.276. The average molecular weight is 265 g/mol. The van der Waals surface area contributed by atoms with Crippen LogP contribution in [0.1, 0.15) is 6.92 Å². The van der Waals surface area contributed by atoms with E-state index in [-0.39, 0.29) is 11.9 Å². The van der Waals surface area contributed by atoms with Crippen LogP contribution in [0.2, 0.25) is 0 Å². The number of nitrogens with one attached hydrogen (secondary N) is 3. The Bertz CT molecular complexity index is 395. The third kappa shape index (κ3) is 7.64. The normalized spacial score (nSPS) is 9.53. The molecule has 0 spiro atoms. The SMILES string of the molecule is CC(=O)NCCNC(=O)NCCOc1ccccc1. The first-order valence-corrected chi connectivity index (χ1v) is 6.12. The van der Waals surface area contributed by atoms with Crippen molar-refractivity contribution in [3.63, 3.8) is 0 Å². The molecular weight excluding hydrogens is 246 g/mol. The fraction of sp³-hybridized carbons (Fsp3) is 0.385. The second kappa shape index (κ2) is 8.79. The van der Waals surface area contributed by atoms with E-state index in [2.05, 4.69) is 16.0 Å². The summed E-state index contributed by atoms with van der Waals surface area (Å²) in [7, 11) is 0. The van der Waals surface area contributed by atoms with Gasteiger partial charge in [-0.15, -0.1) is 0 Å². The number of hydrogen-bond acceptors (Lipinski definition) is 3. The first-order valence-electron chi connectivity index (χ1n) is 6.12. The highest BCUT2D eigenvalue weighted by Gasteiger charge is 1.99. The van der Waals surface area contributed by atoms with E-state index in [1.165, 1.54) is 6.92 Å². The van der Waals surface area contributed by atoms with Gasteiger partial charge in [0.25, 0.3) is 0 Å². The van der Waals surface area contributed by atoms with Crippen molar-refractivity contribution >= 4 is 11.9 Å². The van der Waals surface area contributed by atoms with Gasteiger partial charge in [-0.1, -0.05) is 18.2 Å². The molecule has 0 saturated carbocycles. The molecule has 1 rings (SSSR count). The molecule has 0 fully saturated rings. The summed E-state index contributed by atoms with van der Waals surface area (Å²) in [6.45, 7) is 3.07. The predicted molar refractivity (Wildman–Crippen MR) is 72.0 cm³/mol. The number of ether oxygens (including phenoxy) is 1. The van der Waals surface area contributed by atoms with E-state index in [4.69, 9.17) is 4.74 Å². The summed E-state index contributed by atoms with van der Waals surface area (Å²) in [5.74, 6) is 0.661. The average Bonchev–Trinajstić information content (AvgIpc) is 2.41. The molecule has 104 valence electrons. The zero-order valence-corrected chi connectivity index (χ0v) is 10.9. The van der Waals surface area contributed by atoms with Crippen LogP contribution < -0.4 is 20.7 Å². The van der Waals surface area contributed by atoms with Crippen molar-refractivity contribution in [3.8, 4) is 5.75 Å². The summed E-state index contributed by atoms with van der Waals surface area (Å²) in [6.07, 6.45) is 0. The standard InChI is InChI=1S/C13H19N3O3/c1-11(17)14-7-8-15-13(18)16-9-10-19-12-5-3-2-4-6-12/h2-6H,7-10H2,1H3,(H,14,17)(H2,15,16,18). The first kappa shape index (κ1) is 14.8. The van der Waals surface area contributed by atoms with Gasteiger partial charge >= 0.3 is 6.03 Å².